The molecule has 0 saturated carbocycles. The molecule has 0 aromatic carbocycles. The van der Waals surface area contributed by atoms with E-state index in [2.05, 4.69) is 4.98 Å². The molecular formula is C7H6F4N2. The molecule has 72 valence electrons. The van der Waals surface area contributed by atoms with Crippen LogP contribution in [0.15, 0.2) is 6.07 Å². The van der Waals surface area contributed by atoms with E-state index >= 15 is 0 Å². The van der Waals surface area contributed by atoms with E-state index in [9.17, 15) is 17.6 Å². The molecule has 1 rings (SSSR count). The number of nitrogens with zero attached hydrogens (tertiary/aromatic N) is 1. The predicted molar refractivity (Wildman–Crippen MR) is 37.0 cm³/mol. The first-order chi connectivity index (χ1) is 6.06. The fraction of sp³-hybridized carbons (Fsp3) is 0.286. The third-order valence-electron chi connectivity index (χ3n) is 1.46. The summed E-state index contributed by atoms with van der Waals surface area (Å²) in [6.45, 7) is -0.279. The number of halogens is 4. The first-order valence-electron chi connectivity index (χ1n) is 3.39. The minimum atomic E-state index is -3.12. The van der Waals surface area contributed by atoms with E-state index in [1.165, 1.54) is 0 Å². The first-order valence-corrected chi connectivity index (χ1v) is 3.39. The smallest absolute Gasteiger partial charge is 0.283 e. The van der Waals surface area contributed by atoms with Crippen LogP contribution in [0.1, 0.15) is 17.7 Å². The second kappa shape index (κ2) is 3.69. The average molecular weight is 194 g/mol. The highest BCUT2D eigenvalue weighted by atomic mass is 19.3. The van der Waals surface area contributed by atoms with E-state index in [1.54, 1.807) is 0 Å². The zero-order valence-corrected chi connectivity index (χ0v) is 6.40. The van der Waals surface area contributed by atoms with Gasteiger partial charge in [-0.05, 0) is 6.07 Å². The maximum Gasteiger partial charge on any atom is 0.283 e. The topological polar surface area (TPSA) is 38.9 Å². The third kappa shape index (κ3) is 1.95. The van der Waals surface area contributed by atoms with E-state index in [1.807, 2.05) is 0 Å². The van der Waals surface area contributed by atoms with Crippen molar-refractivity contribution in [1.29, 1.82) is 0 Å². The standard InChI is InChI=1S/C7H6F4N2/c8-4-1-3(2-12)7(11)13-5(4)6(9)10/h1,6H,2,12H2. The maximum absolute atomic E-state index is 12.7. The molecule has 0 atom stereocenters. The van der Waals surface area contributed by atoms with Crippen LogP contribution in [0.5, 0.6) is 0 Å². The normalized spacial score (nSPS) is 10.9. The molecule has 6 heteroatoms. The van der Waals surface area contributed by atoms with E-state index in [4.69, 9.17) is 5.73 Å². The summed E-state index contributed by atoms with van der Waals surface area (Å²) in [7, 11) is 0. The number of aromatic nitrogens is 1. The minimum absolute atomic E-state index is 0.220. The van der Waals surface area contributed by atoms with Gasteiger partial charge in [0.15, 0.2) is 5.82 Å². The zero-order valence-electron chi connectivity index (χ0n) is 6.40. The van der Waals surface area contributed by atoms with E-state index in [0.29, 0.717) is 6.07 Å². The molecule has 2 nitrogen and oxygen atoms in total. The van der Waals surface area contributed by atoms with Gasteiger partial charge in [-0.2, -0.15) is 4.39 Å². The molecule has 0 unspecified atom stereocenters. The van der Waals surface area contributed by atoms with Gasteiger partial charge in [0.25, 0.3) is 6.43 Å². The van der Waals surface area contributed by atoms with Gasteiger partial charge in [0.2, 0.25) is 5.95 Å². The van der Waals surface area contributed by atoms with Gasteiger partial charge >= 0.3 is 0 Å². The molecule has 0 aliphatic rings. The summed E-state index contributed by atoms with van der Waals surface area (Å²) >= 11 is 0. The molecule has 1 heterocycles. The number of hydrogen-bond donors (Lipinski definition) is 1. The molecule has 0 radical (unpaired) electrons. The zero-order chi connectivity index (χ0) is 10.0. The summed E-state index contributed by atoms with van der Waals surface area (Å²) < 4.78 is 49.3. The van der Waals surface area contributed by atoms with Crippen molar-refractivity contribution in [1.82, 2.24) is 4.98 Å². The van der Waals surface area contributed by atoms with Crippen molar-refractivity contribution in [2.24, 2.45) is 5.73 Å². The Morgan fingerprint density at radius 1 is 1.38 bits per heavy atom. The first kappa shape index (κ1) is 9.91. The van der Waals surface area contributed by atoms with E-state index in [0.717, 1.165) is 0 Å². The molecule has 0 bridgehead atoms. The van der Waals surface area contributed by atoms with Crippen molar-refractivity contribution < 1.29 is 17.6 Å². The van der Waals surface area contributed by atoms with Gasteiger partial charge in [-0.3, -0.25) is 0 Å². The Hall–Kier alpha value is -1.17. The average Bonchev–Trinajstić information content (AvgIpc) is 2.07. The predicted octanol–water partition coefficient (Wildman–Crippen LogP) is 1.76. The molecule has 0 aliphatic carbocycles. The molecule has 13 heavy (non-hydrogen) atoms. The summed E-state index contributed by atoms with van der Waals surface area (Å²) in [5, 5.41) is 0. The van der Waals surface area contributed by atoms with Crippen molar-refractivity contribution in [3.8, 4) is 0 Å². The van der Waals surface area contributed by atoms with Crippen molar-refractivity contribution in [3.63, 3.8) is 0 Å². The van der Waals surface area contributed by atoms with Crippen LogP contribution in [-0.4, -0.2) is 4.98 Å². The van der Waals surface area contributed by atoms with Crippen molar-refractivity contribution in [2.45, 2.75) is 13.0 Å². The molecule has 1 aromatic rings. The fourth-order valence-corrected chi connectivity index (χ4v) is 0.814. The SMILES string of the molecule is NCc1cc(F)c(C(F)F)nc1F. The van der Waals surface area contributed by atoms with E-state index < -0.39 is 23.9 Å². The number of rotatable bonds is 2. The Morgan fingerprint density at radius 2 is 2.00 bits per heavy atom. The van der Waals surface area contributed by atoms with Crippen LogP contribution in [0.4, 0.5) is 17.6 Å². The maximum atomic E-state index is 12.7. The Labute approximate surface area is 71.4 Å². The van der Waals surface area contributed by atoms with Gasteiger partial charge < -0.3 is 5.73 Å². The summed E-state index contributed by atoms with van der Waals surface area (Å²) in [5.41, 5.74) is 3.61. The lowest BCUT2D eigenvalue weighted by Crippen LogP contribution is -2.06. The highest BCUT2D eigenvalue weighted by Gasteiger charge is 2.18. The van der Waals surface area contributed by atoms with Crippen molar-refractivity contribution in [3.05, 3.63) is 29.1 Å². The van der Waals surface area contributed by atoms with Gasteiger partial charge in [0, 0.05) is 12.1 Å². The second-order valence-electron chi connectivity index (χ2n) is 2.31. The molecule has 2 N–H and O–H groups in total. The summed E-state index contributed by atoms with van der Waals surface area (Å²) in [6, 6.07) is 0.629. The highest BCUT2D eigenvalue weighted by molar-refractivity contribution is 5.18. The van der Waals surface area contributed by atoms with Gasteiger partial charge in [-0.25, -0.2) is 18.2 Å². The van der Waals surface area contributed by atoms with E-state index in [-0.39, 0.29) is 12.1 Å². The fourth-order valence-electron chi connectivity index (χ4n) is 0.814. The highest BCUT2D eigenvalue weighted by Crippen LogP contribution is 2.21. The number of pyridine rings is 1. The molecule has 0 fully saturated rings. The van der Waals surface area contributed by atoms with Gasteiger partial charge in [0.1, 0.15) is 5.69 Å². The molecule has 0 saturated heterocycles. The van der Waals surface area contributed by atoms with Crippen LogP contribution in [0.25, 0.3) is 0 Å². The van der Waals surface area contributed by atoms with Crippen LogP contribution in [0.2, 0.25) is 0 Å². The second-order valence-corrected chi connectivity index (χ2v) is 2.31. The van der Waals surface area contributed by atoms with Crippen LogP contribution < -0.4 is 5.73 Å². The van der Waals surface area contributed by atoms with Crippen molar-refractivity contribution in [2.75, 3.05) is 0 Å². The van der Waals surface area contributed by atoms with Gasteiger partial charge in [-0.15, -0.1) is 0 Å². The monoisotopic (exact) mass is 194 g/mol. The quantitative estimate of drug-likeness (QED) is 0.575. The summed E-state index contributed by atoms with van der Waals surface area (Å²) in [4.78, 5) is 2.77. The minimum Gasteiger partial charge on any atom is -0.326 e. The molecule has 1 aromatic heterocycles. The van der Waals surface area contributed by atoms with Gasteiger partial charge in [-0.1, -0.05) is 0 Å². The third-order valence-corrected chi connectivity index (χ3v) is 1.46. The lowest BCUT2D eigenvalue weighted by Gasteiger charge is -2.03. The number of alkyl halides is 2. The Morgan fingerprint density at radius 3 is 2.46 bits per heavy atom. The van der Waals surface area contributed by atoms with Crippen LogP contribution in [0.3, 0.4) is 0 Å². The molecule has 0 aliphatic heterocycles. The van der Waals surface area contributed by atoms with Crippen LogP contribution in [0, 0.1) is 11.8 Å². The lowest BCUT2D eigenvalue weighted by atomic mass is 10.2. The van der Waals surface area contributed by atoms with Crippen LogP contribution in [-0.2, 0) is 6.54 Å². The lowest BCUT2D eigenvalue weighted by molar-refractivity contribution is 0.139. The summed E-state index contributed by atoms with van der Waals surface area (Å²) in [5.74, 6) is -2.39. The molecule has 0 spiro atoms. The Bertz CT molecular complexity index is 314. The summed E-state index contributed by atoms with van der Waals surface area (Å²) in [6.07, 6.45) is -3.12. The largest absolute Gasteiger partial charge is 0.326 e. The molecular weight excluding hydrogens is 188 g/mol. The van der Waals surface area contributed by atoms with Crippen LogP contribution >= 0.6 is 0 Å². The van der Waals surface area contributed by atoms with Gasteiger partial charge in [0.05, 0.1) is 0 Å². The number of nitrogens with two attached hydrogens (primary N) is 1. The number of hydrogen-bond acceptors (Lipinski definition) is 2. The van der Waals surface area contributed by atoms with Crippen molar-refractivity contribution >= 4 is 0 Å². The molecule has 0 amide bonds. The Balaban J connectivity index is 3.20. The Kier molecular flexibility index (Phi) is 2.82.